The molecule has 0 amide bonds. The van der Waals surface area contributed by atoms with Crippen molar-refractivity contribution >= 4 is 5.69 Å². The zero-order valence-electron chi connectivity index (χ0n) is 8.27. The molecule has 0 radical (unpaired) electrons. The molecule has 0 saturated heterocycles. The van der Waals surface area contributed by atoms with Crippen LogP contribution in [0, 0.1) is 0 Å². The van der Waals surface area contributed by atoms with E-state index in [4.69, 9.17) is 0 Å². The van der Waals surface area contributed by atoms with Gasteiger partial charge in [-0.3, -0.25) is 0 Å². The van der Waals surface area contributed by atoms with Gasteiger partial charge in [-0.25, -0.2) is 0 Å². The summed E-state index contributed by atoms with van der Waals surface area (Å²) in [6.07, 6.45) is 4.19. The molecule has 14 heavy (non-hydrogen) atoms. The Morgan fingerprint density at radius 1 is 1.14 bits per heavy atom. The highest BCUT2D eigenvalue weighted by Gasteiger charge is 1.95. The van der Waals surface area contributed by atoms with Crippen LogP contribution in [0.2, 0.25) is 0 Å². The first-order valence-corrected chi connectivity index (χ1v) is 4.76. The summed E-state index contributed by atoms with van der Waals surface area (Å²) in [5.41, 5.74) is 2.48. The molecule has 0 aliphatic heterocycles. The van der Waals surface area contributed by atoms with E-state index in [1.54, 1.807) is 0 Å². The number of anilines is 1. The third kappa shape index (κ3) is 1.96. The van der Waals surface area contributed by atoms with Crippen molar-refractivity contribution in [3.05, 3.63) is 54.4 Å². The van der Waals surface area contributed by atoms with Gasteiger partial charge in [0.25, 0.3) is 0 Å². The Bertz CT molecular complexity index is 390. The molecule has 0 bridgehead atoms. The fourth-order valence-electron chi connectivity index (χ4n) is 1.48. The highest BCUT2D eigenvalue weighted by molar-refractivity contribution is 5.40. The highest BCUT2D eigenvalue weighted by atomic mass is 15.0. The Kier molecular flexibility index (Phi) is 2.54. The minimum atomic E-state index is 0.933. The van der Waals surface area contributed by atoms with Crippen LogP contribution in [0.1, 0.15) is 5.56 Å². The van der Waals surface area contributed by atoms with Gasteiger partial charge in [0.05, 0.1) is 5.69 Å². The zero-order chi connectivity index (χ0) is 9.80. The first-order chi connectivity index (χ1) is 6.88. The second-order valence-corrected chi connectivity index (χ2v) is 3.31. The molecule has 2 nitrogen and oxygen atoms in total. The maximum absolute atomic E-state index is 3.11. The first-order valence-electron chi connectivity index (χ1n) is 4.76. The molecule has 1 N–H and O–H groups in total. The SMILES string of the molecule is CNc1ccn(Cc2ccccc2)c1. The molecule has 1 aromatic carbocycles. The van der Waals surface area contributed by atoms with Crippen molar-refractivity contribution in [3.8, 4) is 0 Å². The van der Waals surface area contributed by atoms with Crippen molar-refractivity contribution in [1.29, 1.82) is 0 Å². The quantitative estimate of drug-likeness (QED) is 0.779. The Labute approximate surface area is 84.2 Å². The summed E-state index contributed by atoms with van der Waals surface area (Å²) < 4.78 is 2.17. The van der Waals surface area contributed by atoms with Crippen molar-refractivity contribution in [2.45, 2.75) is 6.54 Å². The van der Waals surface area contributed by atoms with E-state index in [1.165, 1.54) is 5.56 Å². The molecule has 0 fully saturated rings. The number of benzene rings is 1. The predicted molar refractivity (Wildman–Crippen MR) is 59.5 cm³/mol. The fourth-order valence-corrected chi connectivity index (χ4v) is 1.48. The Hall–Kier alpha value is -1.70. The van der Waals surface area contributed by atoms with E-state index >= 15 is 0 Å². The monoisotopic (exact) mass is 186 g/mol. The van der Waals surface area contributed by atoms with E-state index in [0.29, 0.717) is 0 Å². The Balaban J connectivity index is 2.11. The van der Waals surface area contributed by atoms with Gasteiger partial charge in [0.2, 0.25) is 0 Å². The number of aromatic nitrogens is 1. The Morgan fingerprint density at radius 3 is 2.57 bits per heavy atom. The minimum Gasteiger partial charge on any atom is -0.387 e. The first kappa shape index (κ1) is 8.88. The second kappa shape index (κ2) is 4.01. The van der Waals surface area contributed by atoms with E-state index < -0.39 is 0 Å². The molecule has 72 valence electrons. The van der Waals surface area contributed by atoms with Crippen LogP contribution in [0.5, 0.6) is 0 Å². The van der Waals surface area contributed by atoms with Crippen LogP contribution >= 0.6 is 0 Å². The molecule has 2 aromatic rings. The lowest BCUT2D eigenvalue weighted by atomic mass is 10.2. The average Bonchev–Trinajstić information content (AvgIpc) is 2.67. The van der Waals surface area contributed by atoms with Gasteiger partial charge in [0.1, 0.15) is 0 Å². The maximum atomic E-state index is 3.11. The van der Waals surface area contributed by atoms with Crippen LogP contribution in [-0.2, 0) is 6.54 Å². The predicted octanol–water partition coefficient (Wildman–Crippen LogP) is 2.58. The summed E-state index contributed by atoms with van der Waals surface area (Å²) in [4.78, 5) is 0. The Morgan fingerprint density at radius 2 is 1.93 bits per heavy atom. The number of hydrogen-bond donors (Lipinski definition) is 1. The molecule has 0 aliphatic carbocycles. The van der Waals surface area contributed by atoms with Gasteiger partial charge >= 0.3 is 0 Å². The largest absolute Gasteiger partial charge is 0.387 e. The molecular formula is C12H14N2. The molecular weight excluding hydrogens is 172 g/mol. The minimum absolute atomic E-state index is 0.933. The van der Waals surface area contributed by atoms with Crippen LogP contribution in [0.3, 0.4) is 0 Å². The summed E-state index contributed by atoms with van der Waals surface area (Å²) in [6, 6.07) is 12.5. The van der Waals surface area contributed by atoms with Gasteiger partial charge in [-0.15, -0.1) is 0 Å². The summed E-state index contributed by atoms with van der Waals surface area (Å²) in [5, 5.41) is 3.11. The van der Waals surface area contributed by atoms with Gasteiger partial charge in [-0.05, 0) is 11.6 Å². The van der Waals surface area contributed by atoms with Crippen LogP contribution in [-0.4, -0.2) is 11.6 Å². The smallest absolute Gasteiger partial charge is 0.0517 e. The molecule has 0 aliphatic rings. The summed E-state index contributed by atoms with van der Waals surface area (Å²) in [7, 11) is 1.93. The molecule has 0 spiro atoms. The van der Waals surface area contributed by atoms with Gasteiger partial charge in [-0.1, -0.05) is 30.3 Å². The summed E-state index contributed by atoms with van der Waals surface area (Å²) in [6.45, 7) is 0.933. The second-order valence-electron chi connectivity index (χ2n) is 3.31. The molecule has 2 rings (SSSR count). The number of nitrogens with one attached hydrogen (secondary N) is 1. The zero-order valence-corrected chi connectivity index (χ0v) is 8.27. The lowest BCUT2D eigenvalue weighted by molar-refractivity contribution is 0.807. The van der Waals surface area contributed by atoms with E-state index in [2.05, 4.69) is 52.6 Å². The van der Waals surface area contributed by atoms with Crippen molar-refractivity contribution in [3.63, 3.8) is 0 Å². The topological polar surface area (TPSA) is 17.0 Å². The van der Waals surface area contributed by atoms with Crippen molar-refractivity contribution in [2.75, 3.05) is 12.4 Å². The van der Waals surface area contributed by atoms with E-state index in [1.807, 2.05) is 13.1 Å². The third-order valence-electron chi connectivity index (χ3n) is 2.25. The molecule has 1 aromatic heterocycles. The lowest BCUT2D eigenvalue weighted by Crippen LogP contribution is -1.95. The van der Waals surface area contributed by atoms with Gasteiger partial charge < -0.3 is 9.88 Å². The number of hydrogen-bond acceptors (Lipinski definition) is 1. The summed E-state index contributed by atoms with van der Waals surface area (Å²) >= 11 is 0. The highest BCUT2D eigenvalue weighted by Crippen LogP contribution is 2.09. The molecule has 1 heterocycles. The van der Waals surface area contributed by atoms with Gasteiger partial charge in [0.15, 0.2) is 0 Å². The molecule has 0 atom stereocenters. The van der Waals surface area contributed by atoms with Crippen molar-refractivity contribution < 1.29 is 0 Å². The molecule has 2 heteroatoms. The van der Waals surface area contributed by atoms with Crippen LogP contribution in [0.15, 0.2) is 48.8 Å². The standard InChI is InChI=1S/C12H14N2/c1-13-12-7-8-14(10-12)9-11-5-3-2-4-6-11/h2-8,10,13H,9H2,1H3. The summed E-state index contributed by atoms with van der Waals surface area (Å²) in [5.74, 6) is 0. The maximum Gasteiger partial charge on any atom is 0.0517 e. The lowest BCUT2D eigenvalue weighted by Gasteiger charge is -2.02. The normalized spacial score (nSPS) is 10.1. The van der Waals surface area contributed by atoms with Gasteiger partial charge in [0, 0.05) is 26.0 Å². The molecule has 0 saturated carbocycles. The fraction of sp³-hybridized carbons (Fsp3) is 0.167. The van der Waals surface area contributed by atoms with E-state index in [-0.39, 0.29) is 0 Å². The van der Waals surface area contributed by atoms with Gasteiger partial charge in [-0.2, -0.15) is 0 Å². The van der Waals surface area contributed by atoms with Crippen LogP contribution in [0.4, 0.5) is 5.69 Å². The van der Waals surface area contributed by atoms with E-state index in [9.17, 15) is 0 Å². The number of nitrogens with zero attached hydrogens (tertiary/aromatic N) is 1. The van der Waals surface area contributed by atoms with E-state index in [0.717, 1.165) is 12.2 Å². The van der Waals surface area contributed by atoms with Crippen molar-refractivity contribution in [1.82, 2.24) is 4.57 Å². The van der Waals surface area contributed by atoms with Crippen molar-refractivity contribution in [2.24, 2.45) is 0 Å². The molecule has 0 unspecified atom stereocenters. The third-order valence-corrected chi connectivity index (χ3v) is 2.25. The van der Waals surface area contributed by atoms with Crippen LogP contribution < -0.4 is 5.32 Å². The average molecular weight is 186 g/mol. The van der Waals surface area contributed by atoms with Crippen LogP contribution in [0.25, 0.3) is 0 Å². The number of rotatable bonds is 3.